The van der Waals surface area contributed by atoms with E-state index in [0.29, 0.717) is 11.3 Å². The van der Waals surface area contributed by atoms with E-state index < -0.39 is 5.97 Å². The lowest BCUT2D eigenvalue weighted by Gasteiger charge is -2.31. The Morgan fingerprint density at radius 2 is 1.81 bits per heavy atom. The Balaban J connectivity index is 1.45. The van der Waals surface area contributed by atoms with Crippen LogP contribution in [0.15, 0.2) is 72.9 Å². The molecule has 0 amide bonds. The lowest BCUT2D eigenvalue weighted by atomic mass is 10.0. The first-order chi connectivity index (χ1) is 15.6. The topological polar surface area (TPSA) is 51.7 Å². The first kappa shape index (κ1) is 20.0. The second-order valence-corrected chi connectivity index (χ2v) is 7.69. The highest BCUT2D eigenvalue weighted by atomic mass is 19.1. The van der Waals surface area contributed by atoms with E-state index in [-0.39, 0.29) is 5.82 Å². The van der Waals surface area contributed by atoms with E-state index in [1.165, 1.54) is 29.8 Å². The van der Waals surface area contributed by atoms with E-state index >= 15 is 0 Å². The molecule has 5 rings (SSSR count). The molecule has 32 heavy (non-hydrogen) atoms. The van der Waals surface area contributed by atoms with Crippen LogP contribution in [0.25, 0.3) is 10.9 Å². The zero-order chi connectivity index (χ0) is 22.1. The summed E-state index contributed by atoms with van der Waals surface area (Å²) in [4.78, 5) is 19.4. The molecule has 0 atom stereocenters. The quantitative estimate of drug-likeness (QED) is 0.309. The van der Waals surface area contributed by atoms with Crippen molar-refractivity contribution in [3.8, 4) is 11.5 Å². The maximum atomic E-state index is 13.1. The summed E-state index contributed by atoms with van der Waals surface area (Å²) in [5.41, 5.74) is 4.55. The van der Waals surface area contributed by atoms with Crippen molar-refractivity contribution in [2.75, 3.05) is 18.6 Å². The van der Waals surface area contributed by atoms with Gasteiger partial charge in [-0.2, -0.15) is 0 Å². The van der Waals surface area contributed by atoms with Crippen LogP contribution in [0.1, 0.15) is 22.3 Å². The molecule has 4 aromatic rings. The number of ether oxygens (including phenoxy) is 2. The summed E-state index contributed by atoms with van der Waals surface area (Å²) in [6.45, 7) is 0.888. The van der Waals surface area contributed by atoms with Crippen molar-refractivity contribution < 1.29 is 18.7 Å². The minimum atomic E-state index is -0.501. The molecule has 0 N–H and O–H groups in total. The Labute approximate surface area is 185 Å². The fourth-order valence-corrected chi connectivity index (χ4v) is 4.03. The number of carbonyl (C=O) groups is 1. The monoisotopic (exact) mass is 428 g/mol. The summed E-state index contributed by atoms with van der Waals surface area (Å²) >= 11 is 0. The van der Waals surface area contributed by atoms with Crippen molar-refractivity contribution in [2.24, 2.45) is 0 Å². The van der Waals surface area contributed by atoms with Gasteiger partial charge in [-0.15, -0.1) is 0 Å². The van der Waals surface area contributed by atoms with E-state index in [4.69, 9.17) is 9.47 Å². The van der Waals surface area contributed by atoms with Crippen LogP contribution in [-0.2, 0) is 6.42 Å². The van der Waals surface area contributed by atoms with Crippen molar-refractivity contribution in [1.82, 2.24) is 4.98 Å². The van der Waals surface area contributed by atoms with Crippen LogP contribution >= 0.6 is 0 Å². The molecule has 6 heteroatoms. The number of hydrogen-bond donors (Lipinski definition) is 0. The van der Waals surface area contributed by atoms with E-state index in [2.05, 4.69) is 22.0 Å². The highest BCUT2D eigenvalue weighted by molar-refractivity contribution is 5.96. The molecule has 0 saturated heterocycles. The number of rotatable bonds is 4. The molecule has 0 radical (unpaired) electrons. The molecule has 3 aromatic carbocycles. The molecule has 0 saturated carbocycles. The summed E-state index contributed by atoms with van der Waals surface area (Å²) in [5, 5.41) is 0.844. The highest BCUT2D eigenvalue weighted by Gasteiger charge is 2.20. The number of aryl methyl sites for hydroxylation is 1. The number of halogens is 1. The SMILES string of the molecule is COc1ccc2c(c1)CCCN2c1cnc2ccc(C(=O)Oc3ccc(F)cc3)cc2c1. The van der Waals surface area contributed by atoms with Gasteiger partial charge in [-0.25, -0.2) is 9.18 Å². The van der Waals surface area contributed by atoms with Gasteiger partial charge in [0.05, 0.1) is 30.1 Å². The molecular formula is C26H21FN2O3. The summed E-state index contributed by atoms with van der Waals surface area (Å²) in [6.07, 6.45) is 3.89. The molecule has 5 nitrogen and oxygen atoms in total. The zero-order valence-electron chi connectivity index (χ0n) is 17.5. The van der Waals surface area contributed by atoms with Gasteiger partial charge in [-0.1, -0.05) is 0 Å². The van der Waals surface area contributed by atoms with Gasteiger partial charge in [0.1, 0.15) is 17.3 Å². The number of anilines is 2. The highest BCUT2D eigenvalue weighted by Crippen LogP contribution is 2.36. The standard InChI is InChI=1S/C26H21FN2O3/c1-31-23-9-11-25-17(15-23)3-2-12-29(25)21-14-19-13-18(4-10-24(19)28-16-21)26(30)32-22-7-5-20(27)6-8-22/h4-11,13-16H,2-3,12H2,1H3. The van der Waals surface area contributed by atoms with E-state index in [0.717, 1.165) is 47.4 Å². The molecule has 0 fully saturated rings. The third-order valence-corrected chi connectivity index (χ3v) is 5.64. The van der Waals surface area contributed by atoms with Crippen LogP contribution < -0.4 is 14.4 Å². The smallest absolute Gasteiger partial charge is 0.343 e. The minimum absolute atomic E-state index is 0.295. The van der Waals surface area contributed by atoms with Crippen LogP contribution in [0, 0.1) is 5.82 Å². The lowest BCUT2D eigenvalue weighted by molar-refractivity contribution is 0.0734. The van der Waals surface area contributed by atoms with Gasteiger partial charge < -0.3 is 14.4 Å². The fraction of sp³-hybridized carbons (Fsp3) is 0.154. The molecule has 0 aliphatic carbocycles. The molecule has 0 spiro atoms. The number of methoxy groups -OCH3 is 1. The zero-order valence-corrected chi connectivity index (χ0v) is 17.5. The normalized spacial score (nSPS) is 13.0. The summed E-state index contributed by atoms with van der Waals surface area (Å²) in [5.74, 6) is 0.265. The van der Waals surface area contributed by atoms with Crippen LogP contribution in [-0.4, -0.2) is 24.6 Å². The van der Waals surface area contributed by atoms with Gasteiger partial charge in [0.15, 0.2) is 0 Å². The molecular weight excluding hydrogens is 407 g/mol. The first-order valence-corrected chi connectivity index (χ1v) is 10.4. The molecule has 1 aromatic heterocycles. The predicted molar refractivity (Wildman–Crippen MR) is 121 cm³/mol. The number of aromatic nitrogens is 1. The average molecular weight is 428 g/mol. The summed E-state index contributed by atoms with van der Waals surface area (Å²) < 4.78 is 23.8. The van der Waals surface area contributed by atoms with Gasteiger partial charge in [0.25, 0.3) is 0 Å². The number of nitrogens with zero attached hydrogens (tertiary/aromatic N) is 2. The molecule has 1 aliphatic heterocycles. The maximum Gasteiger partial charge on any atom is 0.343 e. The molecule has 1 aliphatic rings. The largest absolute Gasteiger partial charge is 0.497 e. The number of esters is 1. The van der Waals surface area contributed by atoms with Crippen molar-refractivity contribution in [2.45, 2.75) is 12.8 Å². The molecule has 160 valence electrons. The Bertz CT molecular complexity index is 1300. The second kappa shape index (κ2) is 8.30. The predicted octanol–water partition coefficient (Wildman–Crippen LogP) is 5.69. The average Bonchev–Trinajstić information content (AvgIpc) is 2.84. The Kier molecular flexibility index (Phi) is 5.19. The van der Waals surface area contributed by atoms with Crippen LogP contribution in [0.3, 0.4) is 0 Å². The Morgan fingerprint density at radius 1 is 1.00 bits per heavy atom. The minimum Gasteiger partial charge on any atom is -0.497 e. The summed E-state index contributed by atoms with van der Waals surface area (Å²) in [6, 6.07) is 18.8. The molecule has 2 heterocycles. The number of carbonyl (C=O) groups excluding carboxylic acids is 1. The van der Waals surface area contributed by atoms with Crippen LogP contribution in [0.5, 0.6) is 11.5 Å². The molecule has 0 unspecified atom stereocenters. The Hall–Kier alpha value is -3.93. The van der Waals surface area contributed by atoms with Gasteiger partial charge in [-0.05, 0) is 85.1 Å². The number of pyridine rings is 1. The lowest BCUT2D eigenvalue weighted by Crippen LogP contribution is -2.24. The van der Waals surface area contributed by atoms with Crippen LogP contribution in [0.4, 0.5) is 15.8 Å². The van der Waals surface area contributed by atoms with Crippen molar-refractivity contribution in [3.05, 3.63) is 89.9 Å². The van der Waals surface area contributed by atoms with Crippen LogP contribution in [0.2, 0.25) is 0 Å². The van der Waals surface area contributed by atoms with Crippen molar-refractivity contribution in [1.29, 1.82) is 0 Å². The third kappa shape index (κ3) is 3.87. The summed E-state index contributed by atoms with van der Waals surface area (Å²) in [7, 11) is 1.67. The van der Waals surface area contributed by atoms with E-state index in [1.54, 1.807) is 25.3 Å². The third-order valence-electron chi connectivity index (χ3n) is 5.64. The van der Waals surface area contributed by atoms with E-state index in [1.807, 2.05) is 18.3 Å². The number of benzene rings is 3. The van der Waals surface area contributed by atoms with Gasteiger partial charge >= 0.3 is 5.97 Å². The van der Waals surface area contributed by atoms with Crippen molar-refractivity contribution >= 4 is 28.2 Å². The van der Waals surface area contributed by atoms with Crippen molar-refractivity contribution in [3.63, 3.8) is 0 Å². The van der Waals surface area contributed by atoms with Gasteiger partial charge in [-0.3, -0.25) is 4.98 Å². The van der Waals surface area contributed by atoms with Gasteiger partial charge in [0, 0.05) is 17.6 Å². The second-order valence-electron chi connectivity index (χ2n) is 7.69. The fourth-order valence-electron chi connectivity index (χ4n) is 4.03. The van der Waals surface area contributed by atoms with Gasteiger partial charge in [0.2, 0.25) is 0 Å². The van der Waals surface area contributed by atoms with E-state index in [9.17, 15) is 9.18 Å². The number of hydrogen-bond acceptors (Lipinski definition) is 5. The number of fused-ring (bicyclic) bond motifs is 2. The molecule has 0 bridgehead atoms. The Morgan fingerprint density at radius 3 is 2.62 bits per heavy atom. The maximum absolute atomic E-state index is 13.1. The first-order valence-electron chi connectivity index (χ1n) is 10.4.